The summed E-state index contributed by atoms with van der Waals surface area (Å²) in [5.41, 5.74) is 2.32. The highest BCUT2D eigenvalue weighted by molar-refractivity contribution is 5.91. The zero-order chi connectivity index (χ0) is 23.4. The van der Waals surface area contributed by atoms with Gasteiger partial charge >= 0.3 is 11.9 Å². The lowest BCUT2D eigenvalue weighted by atomic mass is 9.91. The van der Waals surface area contributed by atoms with Crippen molar-refractivity contribution < 1.29 is 28.2 Å². The lowest BCUT2D eigenvalue weighted by molar-refractivity contribution is -0.141. The molecule has 0 unspecified atom stereocenters. The van der Waals surface area contributed by atoms with Crippen molar-refractivity contribution in [1.82, 2.24) is 0 Å². The normalized spacial score (nSPS) is 13.8. The fourth-order valence-corrected chi connectivity index (χ4v) is 3.93. The topological polar surface area (TPSA) is 61.8 Å². The van der Waals surface area contributed by atoms with Crippen molar-refractivity contribution in [3.8, 4) is 22.6 Å². The van der Waals surface area contributed by atoms with E-state index in [0.717, 1.165) is 18.4 Å². The predicted octanol–water partition coefficient (Wildman–Crippen LogP) is 5.78. The minimum absolute atomic E-state index is 0.0492. The summed E-state index contributed by atoms with van der Waals surface area (Å²) in [6.07, 6.45) is 2.46. The number of halogens is 1. The largest absolute Gasteiger partial charge is 0.497 e. The molecule has 1 fully saturated rings. The summed E-state index contributed by atoms with van der Waals surface area (Å²) in [7, 11) is 2.91. The van der Waals surface area contributed by atoms with Gasteiger partial charge in [0.25, 0.3) is 0 Å². The zero-order valence-corrected chi connectivity index (χ0v) is 18.5. The van der Waals surface area contributed by atoms with Crippen LogP contribution in [-0.4, -0.2) is 26.2 Å². The third-order valence-electron chi connectivity index (χ3n) is 5.91. The van der Waals surface area contributed by atoms with Gasteiger partial charge in [0.15, 0.2) is 0 Å². The van der Waals surface area contributed by atoms with E-state index in [9.17, 15) is 14.0 Å². The minimum Gasteiger partial charge on any atom is -0.497 e. The van der Waals surface area contributed by atoms with Crippen molar-refractivity contribution in [2.45, 2.75) is 25.2 Å². The van der Waals surface area contributed by atoms with Gasteiger partial charge in [-0.25, -0.2) is 9.18 Å². The fraction of sp³-hybridized carbons (Fsp3) is 0.259. The monoisotopic (exact) mass is 448 g/mol. The summed E-state index contributed by atoms with van der Waals surface area (Å²) in [5.74, 6) is 0.317. The Morgan fingerprint density at radius 2 is 1.73 bits per heavy atom. The maximum atomic E-state index is 14.2. The molecule has 1 saturated carbocycles. The van der Waals surface area contributed by atoms with Gasteiger partial charge in [0, 0.05) is 5.56 Å². The molecule has 0 aliphatic heterocycles. The third kappa shape index (κ3) is 5.40. The van der Waals surface area contributed by atoms with Gasteiger partial charge in [-0.1, -0.05) is 24.3 Å². The molecule has 0 saturated heterocycles. The Balaban J connectivity index is 1.49. The number of esters is 2. The molecule has 1 aliphatic rings. The summed E-state index contributed by atoms with van der Waals surface area (Å²) in [6, 6.07) is 18.3. The van der Waals surface area contributed by atoms with Crippen LogP contribution in [0.25, 0.3) is 11.1 Å². The molecular weight excluding hydrogens is 423 g/mol. The average molecular weight is 448 g/mol. The molecule has 5 nitrogen and oxygen atoms in total. The summed E-state index contributed by atoms with van der Waals surface area (Å²) < 4.78 is 29.8. The molecule has 0 heterocycles. The Morgan fingerprint density at radius 3 is 2.39 bits per heavy atom. The molecule has 0 amide bonds. The standard InChI is InChI=1S/C27H25FO5/c1-31-21-12-13-25(28)24(15-21)18-8-10-19(11-9-18)27(30)33-22-5-3-4-20(14-22)23(17-6-7-17)16-26(29)32-2/h3-5,8-15,17,23H,6-7,16H2,1-2H3/t23-/m0/s1. The van der Waals surface area contributed by atoms with E-state index in [-0.39, 0.29) is 17.7 Å². The van der Waals surface area contributed by atoms with E-state index < -0.39 is 5.97 Å². The number of carbonyl (C=O) groups is 2. The molecule has 4 rings (SSSR count). The van der Waals surface area contributed by atoms with E-state index in [1.54, 1.807) is 42.5 Å². The molecule has 3 aromatic carbocycles. The van der Waals surface area contributed by atoms with Crippen molar-refractivity contribution in [2.24, 2.45) is 5.92 Å². The lowest BCUT2D eigenvalue weighted by Crippen LogP contribution is -2.12. The molecule has 6 heteroatoms. The number of benzene rings is 3. The van der Waals surface area contributed by atoms with Gasteiger partial charge in [0.05, 0.1) is 26.2 Å². The van der Waals surface area contributed by atoms with Crippen molar-refractivity contribution in [3.05, 3.63) is 83.7 Å². The van der Waals surface area contributed by atoms with E-state index in [2.05, 4.69) is 0 Å². The maximum Gasteiger partial charge on any atom is 0.343 e. The Morgan fingerprint density at radius 1 is 0.970 bits per heavy atom. The smallest absolute Gasteiger partial charge is 0.343 e. The van der Waals surface area contributed by atoms with Crippen molar-refractivity contribution in [1.29, 1.82) is 0 Å². The van der Waals surface area contributed by atoms with Gasteiger partial charge in [-0.3, -0.25) is 4.79 Å². The Kier molecular flexibility index (Phi) is 6.73. The van der Waals surface area contributed by atoms with Gasteiger partial charge in [0.1, 0.15) is 17.3 Å². The first-order valence-corrected chi connectivity index (χ1v) is 10.8. The van der Waals surface area contributed by atoms with Crippen LogP contribution < -0.4 is 9.47 Å². The average Bonchev–Trinajstić information content (AvgIpc) is 3.68. The van der Waals surface area contributed by atoms with Gasteiger partial charge in [-0.05, 0) is 78.3 Å². The van der Waals surface area contributed by atoms with Crippen molar-refractivity contribution in [2.75, 3.05) is 14.2 Å². The molecule has 0 radical (unpaired) electrons. The third-order valence-corrected chi connectivity index (χ3v) is 5.91. The highest BCUT2D eigenvalue weighted by atomic mass is 19.1. The molecule has 0 aromatic heterocycles. The molecule has 3 aromatic rings. The molecule has 0 N–H and O–H groups in total. The fourth-order valence-electron chi connectivity index (χ4n) is 3.93. The van der Waals surface area contributed by atoms with Crippen LogP contribution in [0.4, 0.5) is 4.39 Å². The number of ether oxygens (including phenoxy) is 3. The van der Waals surface area contributed by atoms with Gasteiger partial charge in [0.2, 0.25) is 0 Å². The van der Waals surface area contributed by atoms with Crippen molar-refractivity contribution in [3.63, 3.8) is 0 Å². The maximum absolute atomic E-state index is 14.2. The van der Waals surface area contributed by atoms with Crippen molar-refractivity contribution >= 4 is 11.9 Å². The summed E-state index contributed by atoms with van der Waals surface area (Å²) in [4.78, 5) is 24.5. The molecule has 33 heavy (non-hydrogen) atoms. The number of hydrogen-bond acceptors (Lipinski definition) is 5. The van der Waals surface area contributed by atoms with E-state index in [1.165, 1.54) is 20.3 Å². The molecule has 170 valence electrons. The second-order valence-electron chi connectivity index (χ2n) is 8.11. The predicted molar refractivity (Wildman–Crippen MR) is 122 cm³/mol. The molecular formula is C27H25FO5. The first kappa shape index (κ1) is 22.5. The highest BCUT2D eigenvalue weighted by Gasteiger charge is 2.34. The van der Waals surface area contributed by atoms with Crippen LogP contribution in [0.1, 0.15) is 41.1 Å². The van der Waals surface area contributed by atoms with E-state index in [0.29, 0.717) is 40.5 Å². The van der Waals surface area contributed by atoms with Crippen LogP contribution in [0.2, 0.25) is 0 Å². The first-order chi connectivity index (χ1) is 16.0. The van der Waals surface area contributed by atoms with Crippen LogP contribution in [-0.2, 0) is 9.53 Å². The second kappa shape index (κ2) is 9.86. The number of rotatable bonds is 8. The minimum atomic E-state index is -0.513. The summed E-state index contributed by atoms with van der Waals surface area (Å²) in [5, 5.41) is 0. The second-order valence-corrected chi connectivity index (χ2v) is 8.11. The Hall–Kier alpha value is -3.67. The molecule has 0 bridgehead atoms. The number of carbonyl (C=O) groups excluding carboxylic acids is 2. The SMILES string of the molecule is COC(=O)C[C@H](c1cccc(OC(=O)c2ccc(-c3cc(OC)ccc3F)cc2)c1)C1CC1. The van der Waals surface area contributed by atoms with Crippen LogP contribution >= 0.6 is 0 Å². The van der Waals surface area contributed by atoms with Crippen LogP contribution in [0, 0.1) is 11.7 Å². The van der Waals surface area contributed by atoms with E-state index in [1.807, 2.05) is 18.2 Å². The number of methoxy groups -OCH3 is 2. The van der Waals surface area contributed by atoms with Gasteiger partial charge in [-0.15, -0.1) is 0 Å². The Bertz CT molecular complexity index is 1150. The summed E-state index contributed by atoms with van der Waals surface area (Å²) >= 11 is 0. The Labute approximate surface area is 192 Å². The van der Waals surface area contributed by atoms with Crippen LogP contribution in [0.3, 0.4) is 0 Å². The number of hydrogen-bond donors (Lipinski definition) is 0. The van der Waals surface area contributed by atoms with E-state index in [4.69, 9.17) is 14.2 Å². The zero-order valence-electron chi connectivity index (χ0n) is 18.5. The van der Waals surface area contributed by atoms with E-state index >= 15 is 0 Å². The van der Waals surface area contributed by atoms with Crippen LogP contribution in [0.15, 0.2) is 66.7 Å². The highest BCUT2D eigenvalue weighted by Crippen LogP contribution is 2.45. The molecule has 1 atom stereocenters. The lowest BCUT2D eigenvalue weighted by Gasteiger charge is -2.16. The first-order valence-electron chi connectivity index (χ1n) is 10.8. The molecule has 0 spiro atoms. The van der Waals surface area contributed by atoms with Gasteiger partial charge in [-0.2, -0.15) is 0 Å². The quantitative estimate of drug-likeness (QED) is 0.323. The summed E-state index contributed by atoms with van der Waals surface area (Å²) in [6.45, 7) is 0. The van der Waals surface area contributed by atoms with Crippen LogP contribution in [0.5, 0.6) is 11.5 Å². The molecule has 1 aliphatic carbocycles. The van der Waals surface area contributed by atoms with Gasteiger partial charge < -0.3 is 14.2 Å².